The first kappa shape index (κ1) is 12.1. The Morgan fingerprint density at radius 2 is 2.13 bits per heavy atom. The summed E-state index contributed by atoms with van der Waals surface area (Å²) in [6, 6.07) is 5.70. The molecule has 1 aromatic rings. The summed E-state index contributed by atoms with van der Waals surface area (Å²) in [4.78, 5) is 4.15. The predicted octanol–water partition coefficient (Wildman–Crippen LogP) is 1.66. The van der Waals surface area contributed by atoms with Crippen LogP contribution in [0.5, 0.6) is 0 Å². The zero-order valence-corrected chi connectivity index (χ0v) is 9.39. The van der Waals surface area contributed by atoms with Crippen LogP contribution in [0.4, 0.5) is 0 Å². The number of ether oxygens (including phenoxy) is 1. The van der Waals surface area contributed by atoms with Gasteiger partial charge in [-0.1, -0.05) is 19.9 Å². The second-order valence-corrected chi connectivity index (χ2v) is 4.11. The zero-order valence-electron chi connectivity index (χ0n) is 9.39. The summed E-state index contributed by atoms with van der Waals surface area (Å²) >= 11 is 0. The van der Waals surface area contributed by atoms with E-state index >= 15 is 0 Å². The van der Waals surface area contributed by atoms with Gasteiger partial charge in [0.2, 0.25) is 0 Å². The molecule has 1 atom stereocenters. The molecule has 0 bridgehead atoms. The van der Waals surface area contributed by atoms with E-state index in [1.165, 1.54) is 0 Å². The molecule has 0 fully saturated rings. The lowest BCUT2D eigenvalue weighted by molar-refractivity contribution is 0.0257. The quantitative estimate of drug-likeness (QED) is 0.774. The molecule has 0 amide bonds. The minimum Gasteiger partial charge on any atom is -0.390 e. The number of aliphatic hydroxyl groups excluding tert-OH is 1. The second kappa shape index (κ2) is 6.53. The van der Waals surface area contributed by atoms with E-state index in [0.29, 0.717) is 25.6 Å². The number of nitrogens with zero attached hydrogens (tertiary/aromatic N) is 1. The molecule has 15 heavy (non-hydrogen) atoms. The molecule has 0 saturated carbocycles. The molecule has 84 valence electrons. The van der Waals surface area contributed by atoms with Gasteiger partial charge < -0.3 is 9.84 Å². The van der Waals surface area contributed by atoms with Crippen molar-refractivity contribution in [3.63, 3.8) is 0 Å². The summed E-state index contributed by atoms with van der Waals surface area (Å²) in [7, 11) is 0. The first-order chi connectivity index (χ1) is 7.18. The molecule has 0 spiro atoms. The lowest BCUT2D eigenvalue weighted by atomic mass is 10.2. The van der Waals surface area contributed by atoms with Gasteiger partial charge in [0, 0.05) is 24.9 Å². The highest BCUT2D eigenvalue weighted by Crippen LogP contribution is 2.01. The number of aliphatic hydroxyl groups is 1. The summed E-state index contributed by atoms with van der Waals surface area (Å²) in [5.74, 6) is 0.507. The second-order valence-electron chi connectivity index (χ2n) is 4.11. The maximum atomic E-state index is 9.65. The lowest BCUT2D eigenvalue weighted by Crippen LogP contribution is -2.20. The molecular weight excluding hydrogens is 190 g/mol. The molecular formula is C12H19NO2. The Hall–Kier alpha value is -0.930. The van der Waals surface area contributed by atoms with Gasteiger partial charge >= 0.3 is 0 Å². The number of rotatable bonds is 6. The molecule has 1 rings (SSSR count). The third kappa shape index (κ3) is 5.50. The van der Waals surface area contributed by atoms with Crippen molar-refractivity contribution in [2.45, 2.75) is 26.4 Å². The van der Waals surface area contributed by atoms with Crippen molar-refractivity contribution < 1.29 is 9.84 Å². The van der Waals surface area contributed by atoms with Crippen LogP contribution in [-0.4, -0.2) is 29.4 Å². The van der Waals surface area contributed by atoms with Gasteiger partial charge in [-0.2, -0.15) is 0 Å². The highest BCUT2D eigenvalue weighted by molar-refractivity contribution is 5.04. The first-order valence-electron chi connectivity index (χ1n) is 5.34. The van der Waals surface area contributed by atoms with Crippen molar-refractivity contribution >= 4 is 0 Å². The lowest BCUT2D eigenvalue weighted by Gasteiger charge is -2.12. The molecule has 0 radical (unpaired) electrons. The molecule has 0 saturated heterocycles. The Labute approximate surface area is 91.1 Å². The average Bonchev–Trinajstić information content (AvgIpc) is 2.18. The first-order valence-corrected chi connectivity index (χ1v) is 5.34. The summed E-state index contributed by atoms with van der Waals surface area (Å²) in [5, 5.41) is 9.65. The van der Waals surface area contributed by atoms with E-state index in [4.69, 9.17) is 4.74 Å². The summed E-state index contributed by atoms with van der Waals surface area (Å²) in [5.41, 5.74) is 0.901. The fourth-order valence-corrected chi connectivity index (χ4v) is 1.26. The van der Waals surface area contributed by atoms with Crippen LogP contribution in [0.2, 0.25) is 0 Å². The molecule has 1 heterocycles. The van der Waals surface area contributed by atoms with Crippen LogP contribution in [-0.2, 0) is 11.2 Å². The van der Waals surface area contributed by atoms with Gasteiger partial charge in [-0.25, -0.2) is 0 Å². The molecule has 3 nitrogen and oxygen atoms in total. The Morgan fingerprint density at radius 1 is 1.33 bits per heavy atom. The normalized spacial score (nSPS) is 13.1. The van der Waals surface area contributed by atoms with Crippen LogP contribution in [0.1, 0.15) is 19.5 Å². The van der Waals surface area contributed by atoms with Crippen LogP contribution in [0.25, 0.3) is 0 Å². The van der Waals surface area contributed by atoms with Gasteiger partial charge in [-0.05, 0) is 18.1 Å². The van der Waals surface area contributed by atoms with Gasteiger partial charge in [-0.3, -0.25) is 4.98 Å². The van der Waals surface area contributed by atoms with E-state index in [1.807, 2.05) is 18.2 Å². The van der Waals surface area contributed by atoms with Crippen LogP contribution >= 0.6 is 0 Å². The Kier molecular flexibility index (Phi) is 5.29. The summed E-state index contributed by atoms with van der Waals surface area (Å²) < 4.78 is 5.35. The highest BCUT2D eigenvalue weighted by atomic mass is 16.5. The van der Waals surface area contributed by atoms with Crippen LogP contribution in [0.15, 0.2) is 24.4 Å². The Balaban J connectivity index is 2.21. The molecule has 1 N–H and O–H groups in total. The fourth-order valence-electron chi connectivity index (χ4n) is 1.26. The topological polar surface area (TPSA) is 42.4 Å². The molecule has 0 aromatic carbocycles. The van der Waals surface area contributed by atoms with Crippen molar-refractivity contribution in [2.24, 2.45) is 5.92 Å². The van der Waals surface area contributed by atoms with E-state index in [9.17, 15) is 5.11 Å². The Bertz CT molecular complexity index is 262. The van der Waals surface area contributed by atoms with Crippen molar-refractivity contribution in [1.29, 1.82) is 0 Å². The number of hydrogen-bond donors (Lipinski definition) is 1. The largest absolute Gasteiger partial charge is 0.390 e. The molecule has 3 heteroatoms. The molecule has 0 aliphatic rings. The van der Waals surface area contributed by atoms with E-state index in [2.05, 4.69) is 18.8 Å². The summed E-state index contributed by atoms with van der Waals surface area (Å²) in [6.07, 6.45) is 1.83. The predicted molar refractivity (Wildman–Crippen MR) is 59.6 cm³/mol. The van der Waals surface area contributed by atoms with E-state index in [-0.39, 0.29) is 0 Å². The van der Waals surface area contributed by atoms with E-state index in [0.717, 1.165) is 5.69 Å². The standard InChI is InChI=1S/C12H19NO2/c1-10(2)8-15-9-12(14)7-11-5-3-4-6-13-11/h3-6,10,12,14H,7-9H2,1-2H3. The monoisotopic (exact) mass is 209 g/mol. The van der Waals surface area contributed by atoms with Crippen molar-refractivity contribution in [2.75, 3.05) is 13.2 Å². The maximum absolute atomic E-state index is 9.65. The van der Waals surface area contributed by atoms with Gasteiger partial charge in [0.15, 0.2) is 0 Å². The van der Waals surface area contributed by atoms with E-state index in [1.54, 1.807) is 6.20 Å². The van der Waals surface area contributed by atoms with E-state index < -0.39 is 6.10 Å². The fraction of sp³-hybridized carbons (Fsp3) is 0.583. The number of pyridine rings is 1. The highest BCUT2D eigenvalue weighted by Gasteiger charge is 2.06. The van der Waals surface area contributed by atoms with Crippen LogP contribution in [0, 0.1) is 5.92 Å². The van der Waals surface area contributed by atoms with Gasteiger partial charge in [-0.15, -0.1) is 0 Å². The minimum absolute atomic E-state index is 0.384. The van der Waals surface area contributed by atoms with Crippen LogP contribution in [0.3, 0.4) is 0 Å². The third-order valence-corrected chi connectivity index (χ3v) is 1.93. The minimum atomic E-state index is -0.460. The smallest absolute Gasteiger partial charge is 0.0828 e. The maximum Gasteiger partial charge on any atom is 0.0828 e. The summed E-state index contributed by atoms with van der Waals surface area (Å²) in [6.45, 7) is 5.25. The Morgan fingerprint density at radius 3 is 2.73 bits per heavy atom. The van der Waals surface area contributed by atoms with Gasteiger partial charge in [0.1, 0.15) is 0 Å². The molecule has 0 aliphatic heterocycles. The van der Waals surface area contributed by atoms with Crippen molar-refractivity contribution in [3.8, 4) is 0 Å². The SMILES string of the molecule is CC(C)COCC(O)Cc1ccccn1. The third-order valence-electron chi connectivity index (χ3n) is 1.93. The molecule has 0 aliphatic carbocycles. The van der Waals surface area contributed by atoms with Gasteiger partial charge in [0.05, 0.1) is 12.7 Å². The average molecular weight is 209 g/mol. The van der Waals surface area contributed by atoms with Gasteiger partial charge in [0.25, 0.3) is 0 Å². The number of aromatic nitrogens is 1. The number of hydrogen-bond acceptors (Lipinski definition) is 3. The zero-order chi connectivity index (χ0) is 11.1. The molecule has 1 aromatic heterocycles. The molecule has 1 unspecified atom stereocenters. The van der Waals surface area contributed by atoms with Crippen molar-refractivity contribution in [3.05, 3.63) is 30.1 Å². The van der Waals surface area contributed by atoms with Crippen molar-refractivity contribution in [1.82, 2.24) is 4.98 Å². The van der Waals surface area contributed by atoms with Crippen LogP contribution < -0.4 is 0 Å².